The van der Waals surface area contributed by atoms with Crippen LogP contribution in [0, 0.1) is 11.8 Å². The number of amides is 1. The quantitative estimate of drug-likeness (QED) is 0.751. The summed E-state index contributed by atoms with van der Waals surface area (Å²) in [6.45, 7) is 10.6. The van der Waals surface area contributed by atoms with Gasteiger partial charge in [-0.3, -0.25) is 9.69 Å². The highest BCUT2D eigenvalue weighted by atomic mass is 32.1. The summed E-state index contributed by atoms with van der Waals surface area (Å²) >= 11 is 1.43. The topological polar surface area (TPSA) is 69.6 Å². The molecule has 0 radical (unpaired) electrons. The number of carbonyl (C=O) groups excluding carboxylic acids is 1. The highest BCUT2D eigenvalue weighted by molar-refractivity contribution is 7.17. The zero-order valence-electron chi connectivity index (χ0n) is 15.0. The predicted molar refractivity (Wildman–Crippen MR) is 98.0 cm³/mol. The number of carbonyl (C=O) groups is 2. The first-order valence-electron chi connectivity index (χ1n) is 8.68. The fraction of sp³-hybridized carbons (Fsp3) is 0.667. The van der Waals surface area contributed by atoms with Crippen molar-refractivity contribution in [1.82, 2.24) is 4.90 Å². The van der Waals surface area contributed by atoms with Crippen LogP contribution >= 0.6 is 11.3 Å². The Balaban J connectivity index is 2.07. The van der Waals surface area contributed by atoms with Crippen LogP contribution in [-0.2, 0) is 17.6 Å². The van der Waals surface area contributed by atoms with Gasteiger partial charge in [0.15, 0.2) is 0 Å². The monoisotopic (exact) mass is 352 g/mol. The Hall–Kier alpha value is -1.40. The average Bonchev–Trinajstić information content (AvgIpc) is 2.95. The van der Waals surface area contributed by atoms with Crippen LogP contribution < -0.4 is 5.32 Å². The lowest BCUT2D eigenvalue weighted by Gasteiger charge is -2.25. The summed E-state index contributed by atoms with van der Waals surface area (Å²) in [4.78, 5) is 27.3. The fourth-order valence-electron chi connectivity index (χ4n) is 3.32. The van der Waals surface area contributed by atoms with Gasteiger partial charge in [0.05, 0.1) is 12.1 Å². The van der Waals surface area contributed by atoms with Crippen molar-refractivity contribution in [2.75, 3.05) is 25.0 Å². The molecule has 0 saturated carbocycles. The molecule has 0 saturated heterocycles. The van der Waals surface area contributed by atoms with Gasteiger partial charge in [0.25, 0.3) is 0 Å². The van der Waals surface area contributed by atoms with Crippen LogP contribution in [0.25, 0.3) is 0 Å². The van der Waals surface area contributed by atoms with Gasteiger partial charge in [-0.25, -0.2) is 4.79 Å². The number of fused-ring (bicyclic) bond motifs is 1. The third-order valence-corrected chi connectivity index (χ3v) is 5.21. The van der Waals surface area contributed by atoms with Gasteiger partial charge >= 0.3 is 5.97 Å². The molecule has 1 aromatic rings. The maximum absolute atomic E-state index is 12.4. The normalized spacial score (nSPS) is 13.8. The molecule has 24 heavy (non-hydrogen) atoms. The van der Waals surface area contributed by atoms with Crippen molar-refractivity contribution >= 4 is 28.2 Å². The van der Waals surface area contributed by atoms with Gasteiger partial charge in [-0.1, -0.05) is 27.7 Å². The number of carboxylic acid groups (broad SMARTS) is 1. The standard InChI is InChI=1S/C18H28N2O3S/c1-11(2)8-20(9-12(3)4)10-15(21)19-17-16(18(22)23)13-6-5-7-14(13)24-17/h11-12H,5-10H2,1-4H3,(H,19,21)(H,22,23). The van der Waals surface area contributed by atoms with Crippen LogP contribution in [0.1, 0.15) is 54.9 Å². The van der Waals surface area contributed by atoms with Gasteiger partial charge in [-0.05, 0) is 36.7 Å². The van der Waals surface area contributed by atoms with Gasteiger partial charge in [-0.15, -0.1) is 11.3 Å². The van der Waals surface area contributed by atoms with Crippen LogP contribution in [-0.4, -0.2) is 41.5 Å². The molecule has 5 nitrogen and oxygen atoms in total. The van der Waals surface area contributed by atoms with E-state index in [1.54, 1.807) is 0 Å². The SMILES string of the molecule is CC(C)CN(CC(=O)Nc1sc2c(c1C(=O)O)CCC2)CC(C)C. The molecule has 0 aromatic carbocycles. The van der Waals surface area contributed by atoms with E-state index in [9.17, 15) is 14.7 Å². The van der Waals surface area contributed by atoms with E-state index in [2.05, 4.69) is 37.9 Å². The average molecular weight is 353 g/mol. The van der Waals surface area contributed by atoms with Crippen molar-refractivity contribution < 1.29 is 14.7 Å². The Morgan fingerprint density at radius 2 is 1.79 bits per heavy atom. The first-order valence-corrected chi connectivity index (χ1v) is 9.49. The van der Waals surface area contributed by atoms with Crippen molar-refractivity contribution in [3.05, 3.63) is 16.0 Å². The molecule has 1 aromatic heterocycles. The Morgan fingerprint density at radius 1 is 1.17 bits per heavy atom. The minimum Gasteiger partial charge on any atom is -0.478 e. The Labute approximate surface area is 148 Å². The van der Waals surface area contributed by atoms with E-state index in [1.165, 1.54) is 11.3 Å². The molecule has 0 spiro atoms. The first kappa shape index (κ1) is 18.9. The van der Waals surface area contributed by atoms with Gasteiger partial charge in [-0.2, -0.15) is 0 Å². The molecule has 0 fully saturated rings. The van der Waals surface area contributed by atoms with E-state index in [4.69, 9.17) is 0 Å². The van der Waals surface area contributed by atoms with Crippen LogP contribution in [0.3, 0.4) is 0 Å². The maximum atomic E-state index is 12.4. The molecule has 0 unspecified atom stereocenters. The lowest BCUT2D eigenvalue weighted by molar-refractivity contribution is -0.117. The van der Waals surface area contributed by atoms with E-state index in [0.717, 1.165) is 42.8 Å². The summed E-state index contributed by atoms with van der Waals surface area (Å²) in [5, 5.41) is 12.9. The van der Waals surface area contributed by atoms with E-state index >= 15 is 0 Å². The summed E-state index contributed by atoms with van der Waals surface area (Å²) < 4.78 is 0. The number of hydrogen-bond acceptors (Lipinski definition) is 4. The lowest BCUT2D eigenvalue weighted by Crippen LogP contribution is -2.38. The number of anilines is 1. The summed E-state index contributed by atoms with van der Waals surface area (Å²) in [7, 11) is 0. The first-order chi connectivity index (χ1) is 11.3. The molecule has 134 valence electrons. The van der Waals surface area contributed by atoms with Crippen molar-refractivity contribution in [2.45, 2.75) is 47.0 Å². The number of rotatable bonds is 8. The largest absolute Gasteiger partial charge is 0.478 e. The fourth-order valence-corrected chi connectivity index (χ4v) is 4.62. The van der Waals surface area contributed by atoms with Crippen LogP contribution in [0.2, 0.25) is 0 Å². The summed E-state index contributed by atoms with van der Waals surface area (Å²) in [5.74, 6) is -0.0991. The van der Waals surface area contributed by atoms with Crippen LogP contribution in [0.4, 0.5) is 5.00 Å². The Morgan fingerprint density at radius 3 is 2.33 bits per heavy atom. The van der Waals surface area contributed by atoms with E-state index in [0.29, 0.717) is 28.9 Å². The number of nitrogens with one attached hydrogen (secondary N) is 1. The third-order valence-electron chi connectivity index (χ3n) is 4.00. The molecule has 1 aliphatic rings. The summed E-state index contributed by atoms with van der Waals surface area (Å²) in [5.41, 5.74) is 1.23. The van der Waals surface area contributed by atoms with Crippen molar-refractivity contribution in [1.29, 1.82) is 0 Å². The third kappa shape index (κ3) is 4.80. The number of carboxylic acids is 1. The molecule has 0 atom stereocenters. The van der Waals surface area contributed by atoms with Gasteiger partial charge < -0.3 is 10.4 Å². The highest BCUT2D eigenvalue weighted by Gasteiger charge is 2.27. The summed E-state index contributed by atoms with van der Waals surface area (Å²) in [6.07, 6.45) is 2.73. The number of nitrogens with zero attached hydrogens (tertiary/aromatic N) is 1. The minimum atomic E-state index is -0.939. The molecule has 1 aliphatic carbocycles. The predicted octanol–water partition coefficient (Wildman–Crippen LogP) is 3.49. The van der Waals surface area contributed by atoms with Crippen molar-refractivity contribution in [3.63, 3.8) is 0 Å². The highest BCUT2D eigenvalue weighted by Crippen LogP contribution is 2.39. The van der Waals surface area contributed by atoms with E-state index in [1.807, 2.05) is 0 Å². The molecular formula is C18H28N2O3S. The molecule has 6 heteroatoms. The van der Waals surface area contributed by atoms with Crippen LogP contribution in [0.5, 0.6) is 0 Å². The number of thiophene rings is 1. The smallest absolute Gasteiger partial charge is 0.339 e. The summed E-state index contributed by atoms with van der Waals surface area (Å²) in [6, 6.07) is 0. The second-order valence-electron chi connectivity index (χ2n) is 7.40. The molecule has 2 rings (SSSR count). The molecule has 1 heterocycles. The number of aryl methyl sites for hydroxylation is 1. The number of aromatic carboxylic acids is 1. The van der Waals surface area contributed by atoms with Gasteiger partial charge in [0.2, 0.25) is 5.91 Å². The van der Waals surface area contributed by atoms with Crippen LogP contribution in [0.15, 0.2) is 0 Å². The minimum absolute atomic E-state index is 0.126. The maximum Gasteiger partial charge on any atom is 0.339 e. The molecule has 2 N–H and O–H groups in total. The van der Waals surface area contributed by atoms with Crippen molar-refractivity contribution in [3.8, 4) is 0 Å². The molecule has 1 amide bonds. The second-order valence-corrected chi connectivity index (χ2v) is 8.50. The molecule has 0 aliphatic heterocycles. The number of hydrogen-bond donors (Lipinski definition) is 2. The van der Waals surface area contributed by atoms with Gasteiger partial charge in [0.1, 0.15) is 5.00 Å². The Bertz CT molecular complexity index is 598. The van der Waals surface area contributed by atoms with E-state index in [-0.39, 0.29) is 5.91 Å². The van der Waals surface area contributed by atoms with Crippen molar-refractivity contribution in [2.24, 2.45) is 11.8 Å². The molecular weight excluding hydrogens is 324 g/mol. The second kappa shape index (κ2) is 8.12. The zero-order chi connectivity index (χ0) is 17.9. The van der Waals surface area contributed by atoms with E-state index < -0.39 is 5.97 Å². The lowest BCUT2D eigenvalue weighted by atomic mass is 10.1. The zero-order valence-corrected chi connectivity index (χ0v) is 15.8. The molecule has 0 bridgehead atoms. The van der Waals surface area contributed by atoms with Gasteiger partial charge in [0, 0.05) is 18.0 Å². The Kier molecular flexibility index (Phi) is 6.40.